The van der Waals surface area contributed by atoms with Crippen LogP contribution in [0.15, 0.2) is 78.9 Å². The highest BCUT2D eigenvalue weighted by molar-refractivity contribution is 7.92. The molecule has 3 aromatic rings. The molecule has 0 heterocycles. The van der Waals surface area contributed by atoms with Crippen LogP contribution in [0.3, 0.4) is 0 Å². The largest absolute Gasteiger partial charge is 0.497 e. The van der Waals surface area contributed by atoms with E-state index >= 15 is 0 Å². The molecule has 44 heavy (non-hydrogen) atoms. The molecule has 0 aromatic heterocycles. The van der Waals surface area contributed by atoms with Crippen LogP contribution in [-0.2, 0) is 32.6 Å². The van der Waals surface area contributed by atoms with Crippen molar-refractivity contribution in [1.29, 1.82) is 0 Å². The molecule has 0 aliphatic heterocycles. The van der Waals surface area contributed by atoms with E-state index in [2.05, 4.69) is 5.32 Å². The monoisotopic (exact) mass is 623 g/mol. The second kappa shape index (κ2) is 16.7. The Hall–Kier alpha value is -4.05. The minimum absolute atomic E-state index is 0.0364. The Morgan fingerprint density at radius 2 is 1.61 bits per heavy atom. The predicted molar refractivity (Wildman–Crippen MR) is 174 cm³/mol. The molecule has 0 radical (unpaired) electrons. The van der Waals surface area contributed by atoms with Crippen molar-refractivity contribution in [2.24, 2.45) is 0 Å². The fourth-order valence-corrected chi connectivity index (χ4v) is 5.85. The number of nitrogens with one attached hydrogen (secondary N) is 1. The maximum absolute atomic E-state index is 14.1. The highest BCUT2D eigenvalue weighted by atomic mass is 32.2. The van der Waals surface area contributed by atoms with Gasteiger partial charge in [-0.1, -0.05) is 61.5 Å². The van der Waals surface area contributed by atoms with Crippen molar-refractivity contribution in [2.45, 2.75) is 65.1 Å². The Kier molecular flexibility index (Phi) is 13.1. The first-order valence-electron chi connectivity index (χ1n) is 15.0. The first kappa shape index (κ1) is 34.4. The number of benzene rings is 3. The number of methoxy groups -OCH3 is 1. The normalized spacial score (nSPS) is 12.6. The molecular formula is C34H45N3O6S. The third-order valence-corrected chi connectivity index (χ3v) is 8.53. The van der Waals surface area contributed by atoms with E-state index in [1.807, 2.05) is 75.4 Å². The Morgan fingerprint density at radius 1 is 0.932 bits per heavy atom. The lowest BCUT2D eigenvalue weighted by molar-refractivity contribution is -0.141. The summed E-state index contributed by atoms with van der Waals surface area (Å²) in [6.07, 6.45) is 2.50. The van der Waals surface area contributed by atoms with Gasteiger partial charge in [-0.05, 0) is 62.1 Å². The number of anilines is 1. The van der Waals surface area contributed by atoms with Crippen molar-refractivity contribution in [1.82, 2.24) is 10.2 Å². The maximum atomic E-state index is 14.1. The molecule has 2 unspecified atom stereocenters. The molecule has 0 spiro atoms. The van der Waals surface area contributed by atoms with Crippen LogP contribution < -0.4 is 19.1 Å². The molecule has 3 rings (SSSR count). The summed E-state index contributed by atoms with van der Waals surface area (Å²) in [5.41, 5.74) is 2.17. The van der Waals surface area contributed by atoms with Crippen LogP contribution in [-0.4, -0.2) is 63.7 Å². The van der Waals surface area contributed by atoms with Crippen LogP contribution in [0.2, 0.25) is 0 Å². The lowest BCUT2D eigenvalue weighted by atomic mass is 10.0. The van der Waals surface area contributed by atoms with Crippen molar-refractivity contribution in [2.75, 3.05) is 30.8 Å². The number of rotatable bonds is 17. The summed E-state index contributed by atoms with van der Waals surface area (Å²) in [5, 5.41) is 3.07. The third-order valence-electron chi connectivity index (χ3n) is 7.35. The summed E-state index contributed by atoms with van der Waals surface area (Å²) in [6.45, 7) is 6.40. The molecule has 2 atom stereocenters. The van der Waals surface area contributed by atoms with E-state index in [0.717, 1.165) is 23.8 Å². The van der Waals surface area contributed by atoms with Gasteiger partial charge in [0.1, 0.15) is 17.5 Å². The molecule has 0 saturated heterocycles. The van der Waals surface area contributed by atoms with Crippen LogP contribution in [0.5, 0.6) is 11.5 Å². The van der Waals surface area contributed by atoms with Gasteiger partial charge < -0.3 is 19.7 Å². The fraction of sp³-hybridized carbons (Fsp3) is 0.412. The molecular weight excluding hydrogens is 578 g/mol. The van der Waals surface area contributed by atoms with E-state index < -0.39 is 16.1 Å². The lowest BCUT2D eigenvalue weighted by Gasteiger charge is -2.33. The van der Waals surface area contributed by atoms with Crippen molar-refractivity contribution in [3.63, 3.8) is 0 Å². The van der Waals surface area contributed by atoms with Gasteiger partial charge in [0.15, 0.2) is 0 Å². The summed E-state index contributed by atoms with van der Waals surface area (Å²) in [4.78, 5) is 29.4. The number of nitrogens with zero attached hydrogens (tertiary/aromatic N) is 2. The van der Waals surface area contributed by atoms with Crippen LogP contribution in [0, 0.1) is 0 Å². The van der Waals surface area contributed by atoms with Crippen LogP contribution in [0.25, 0.3) is 0 Å². The molecule has 0 saturated carbocycles. The van der Waals surface area contributed by atoms with Crippen molar-refractivity contribution in [3.05, 3.63) is 90.0 Å². The number of ether oxygens (including phenoxy) is 2. The Bertz CT molecular complexity index is 1460. The molecule has 1 N–H and O–H groups in total. The summed E-state index contributed by atoms with van der Waals surface area (Å²) < 4.78 is 38.0. The lowest BCUT2D eigenvalue weighted by Crippen LogP contribution is -2.52. The average Bonchev–Trinajstić information content (AvgIpc) is 3.01. The number of hydrogen-bond acceptors (Lipinski definition) is 6. The van der Waals surface area contributed by atoms with Gasteiger partial charge in [0.2, 0.25) is 21.8 Å². The van der Waals surface area contributed by atoms with E-state index in [9.17, 15) is 18.0 Å². The number of amides is 2. The Morgan fingerprint density at radius 3 is 2.27 bits per heavy atom. The van der Waals surface area contributed by atoms with Gasteiger partial charge in [-0.3, -0.25) is 13.9 Å². The molecule has 238 valence electrons. The zero-order valence-electron chi connectivity index (χ0n) is 26.4. The first-order chi connectivity index (χ1) is 21.1. The Labute approximate surface area is 262 Å². The van der Waals surface area contributed by atoms with Gasteiger partial charge in [0.25, 0.3) is 0 Å². The molecule has 2 amide bonds. The molecule has 0 aliphatic rings. The van der Waals surface area contributed by atoms with Crippen molar-refractivity contribution in [3.8, 4) is 11.5 Å². The highest BCUT2D eigenvalue weighted by Gasteiger charge is 2.31. The minimum Gasteiger partial charge on any atom is -0.497 e. The number of carbonyl (C=O) groups is 2. The first-order valence-corrected chi connectivity index (χ1v) is 16.9. The van der Waals surface area contributed by atoms with Crippen LogP contribution >= 0.6 is 0 Å². The molecule has 9 nitrogen and oxygen atoms in total. The third kappa shape index (κ3) is 10.0. The zero-order valence-corrected chi connectivity index (χ0v) is 27.2. The van der Waals surface area contributed by atoms with Crippen LogP contribution in [0.4, 0.5) is 5.69 Å². The summed E-state index contributed by atoms with van der Waals surface area (Å²) in [6, 6.07) is 23.1. The van der Waals surface area contributed by atoms with Crippen molar-refractivity contribution < 1.29 is 27.5 Å². The van der Waals surface area contributed by atoms with E-state index in [-0.39, 0.29) is 43.8 Å². The van der Waals surface area contributed by atoms with Gasteiger partial charge >= 0.3 is 0 Å². The quantitative estimate of drug-likeness (QED) is 0.222. The number of sulfonamides is 1. The smallest absolute Gasteiger partial charge is 0.243 e. The molecule has 0 fully saturated rings. The average molecular weight is 624 g/mol. The van der Waals surface area contributed by atoms with Crippen LogP contribution in [0.1, 0.15) is 51.2 Å². The summed E-state index contributed by atoms with van der Waals surface area (Å²) in [7, 11) is -2.09. The van der Waals surface area contributed by atoms with Gasteiger partial charge in [-0.2, -0.15) is 0 Å². The van der Waals surface area contributed by atoms with E-state index in [0.29, 0.717) is 30.2 Å². The summed E-state index contributed by atoms with van der Waals surface area (Å²) >= 11 is 0. The van der Waals surface area contributed by atoms with Crippen molar-refractivity contribution >= 4 is 27.5 Å². The Balaban J connectivity index is 1.92. The second-order valence-corrected chi connectivity index (χ2v) is 12.6. The number of carbonyl (C=O) groups excluding carboxylic acids is 2. The second-order valence-electron chi connectivity index (χ2n) is 10.7. The standard InChI is InChI=1S/C34H45N3O6S/c1-6-26(3)35-34(39)31(24-27-15-9-8-10-16-27)36(25-28-17-13-18-29(23-28)42-4)33(38)21-14-22-37(44(5,40)41)30-19-11-12-20-32(30)43-7-2/h8-13,15-20,23,26,31H,6-7,14,21-22,24-25H2,1-5H3,(H,35,39). The van der Waals surface area contributed by atoms with E-state index in [1.54, 1.807) is 36.3 Å². The molecule has 10 heteroatoms. The van der Waals surface area contributed by atoms with Gasteiger partial charge in [-0.15, -0.1) is 0 Å². The van der Waals surface area contributed by atoms with Gasteiger partial charge in [-0.25, -0.2) is 8.42 Å². The number of hydrogen-bond donors (Lipinski definition) is 1. The topological polar surface area (TPSA) is 105 Å². The van der Waals surface area contributed by atoms with E-state index in [4.69, 9.17) is 9.47 Å². The predicted octanol–water partition coefficient (Wildman–Crippen LogP) is 5.19. The highest BCUT2D eigenvalue weighted by Crippen LogP contribution is 2.30. The number of para-hydroxylation sites is 2. The zero-order chi connectivity index (χ0) is 32.1. The maximum Gasteiger partial charge on any atom is 0.243 e. The fourth-order valence-electron chi connectivity index (χ4n) is 4.89. The SMILES string of the molecule is CCOc1ccccc1N(CCCC(=O)N(Cc1cccc(OC)c1)C(Cc1ccccc1)C(=O)NC(C)CC)S(C)(=O)=O. The molecule has 3 aromatic carbocycles. The van der Waals surface area contributed by atoms with Gasteiger partial charge in [0, 0.05) is 32.0 Å². The molecule has 0 aliphatic carbocycles. The van der Waals surface area contributed by atoms with E-state index in [1.165, 1.54) is 4.31 Å². The summed E-state index contributed by atoms with van der Waals surface area (Å²) in [5.74, 6) is 0.619. The van der Waals surface area contributed by atoms with Gasteiger partial charge in [0.05, 0.1) is 25.7 Å². The minimum atomic E-state index is -3.67. The molecule has 0 bridgehead atoms.